The molecule has 1 aromatic carbocycles. The van der Waals surface area contributed by atoms with Crippen LogP contribution in [0.25, 0.3) is 11.3 Å². The molecule has 1 heterocycles. The third kappa shape index (κ3) is 2.54. The second-order valence-electron chi connectivity index (χ2n) is 3.97. The number of rotatable bonds is 4. The van der Waals surface area contributed by atoms with E-state index in [1.165, 1.54) is 0 Å². The van der Waals surface area contributed by atoms with Gasteiger partial charge in [-0.05, 0) is 18.6 Å². The number of hydrogen-bond acceptors (Lipinski definition) is 2. The van der Waals surface area contributed by atoms with Crippen LogP contribution >= 0.6 is 11.6 Å². The van der Waals surface area contributed by atoms with Crippen LogP contribution in [0.5, 0.6) is 0 Å². The fraction of sp³-hybridized carbons (Fsp3) is 0.231. The summed E-state index contributed by atoms with van der Waals surface area (Å²) in [6.07, 6.45) is 2.46. The summed E-state index contributed by atoms with van der Waals surface area (Å²) in [6, 6.07) is 7.04. The van der Waals surface area contributed by atoms with E-state index in [9.17, 15) is 9.90 Å². The number of aryl methyl sites for hydroxylation is 1. The van der Waals surface area contributed by atoms with Gasteiger partial charge in [0.05, 0.1) is 0 Å². The number of carboxylic acids is 1. The number of carboxylic acid groups (broad SMARTS) is 1. The molecule has 0 saturated carbocycles. The predicted octanol–water partition coefficient (Wildman–Crippen LogP) is 3.31. The molecule has 18 heavy (non-hydrogen) atoms. The van der Waals surface area contributed by atoms with E-state index in [4.69, 9.17) is 11.6 Å². The highest BCUT2D eigenvalue weighted by Crippen LogP contribution is 2.24. The highest BCUT2D eigenvalue weighted by molar-refractivity contribution is 6.30. The minimum absolute atomic E-state index is 0.200. The summed E-state index contributed by atoms with van der Waals surface area (Å²) in [4.78, 5) is 11.2. The fourth-order valence-corrected chi connectivity index (χ4v) is 1.96. The van der Waals surface area contributed by atoms with Crippen LogP contribution in [0.1, 0.15) is 23.7 Å². The first-order chi connectivity index (χ1) is 8.61. The molecule has 2 rings (SSSR count). The number of benzene rings is 1. The smallest absolute Gasteiger partial charge is 0.339 e. The fourth-order valence-electron chi connectivity index (χ4n) is 1.77. The van der Waals surface area contributed by atoms with Crippen LogP contribution < -0.4 is 0 Å². The van der Waals surface area contributed by atoms with Crippen molar-refractivity contribution in [3.63, 3.8) is 0 Å². The summed E-state index contributed by atoms with van der Waals surface area (Å²) in [6.45, 7) is 2.71. The van der Waals surface area contributed by atoms with Gasteiger partial charge in [0.2, 0.25) is 0 Å². The normalized spacial score (nSPS) is 10.6. The molecule has 0 bridgehead atoms. The van der Waals surface area contributed by atoms with Crippen molar-refractivity contribution >= 4 is 17.6 Å². The van der Waals surface area contributed by atoms with Gasteiger partial charge in [-0.1, -0.05) is 30.7 Å². The van der Waals surface area contributed by atoms with Crippen LogP contribution in [0.15, 0.2) is 30.5 Å². The van der Waals surface area contributed by atoms with Gasteiger partial charge in [0, 0.05) is 23.3 Å². The van der Waals surface area contributed by atoms with Crippen molar-refractivity contribution in [2.24, 2.45) is 0 Å². The van der Waals surface area contributed by atoms with Crippen molar-refractivity contribution in [2.75, 3.05) is 0 Å². The van der Waals surface area contributed by atoms with E-state index in [1.54, 1.807) is 35.1 Å². The van der Waals surface area contributed by atoms with E-state index in [0.29, 0.717) is 17.3 Å². The Hall–Kier alpha value is -1.81. The highest BCUT2D eigenvalue weighted by atomic mass is 35.5. The molecule has 0 radical (unpaired) electrons. The minimum atomic E-state index is -0.979. The van der Waals surface area contributed by atoms with Crippen LogP contribution in [0.3, 0.4) is 0 Å². The maximum absolute atomic E-state index is 11.2. The summed E-state index contributed by atoms with van der Waals surface area (Å²) in [5.74, 6) is -0.979. The van der Waals surface area contributed by atoms with Crippen molar-refractivity contribution in [3.05, 3.63) is 41.0 Å². The first-order valence-electron chi connectivity index (χ1n) is 5.68. The van der Waals surface area contributed by atoms with Crippen LogP contribution in [0, 0.1) is 0 Å². The van der Waals surface area contributed by atoms with E-state index in [2.05, 4.69) is 5.10 Å². The van der Waals surface area contributed by atoms with E-state index < -0.39 is 5.97 Å². The third-order valence-electron chi connectivity index (χ3n) is 2.54. The van der Waals surface area contributed by atoms with Crippen LogP contribution in [0.2, 0.25) is 5.02 Å². The Kier molecular flexibility index (Phi) is 3.67. The highest BCUT2D eigenvalue weighted by Gasteiger charge is 2.16. The number of aromatic carboxylic acids is 1. The lowest BCUT2D eigenvalue weighted by molar-refractivity contribution is 0.0697. The molecule has 1 N–H and O–H groups in total. The molecule has 0 aliphatic heterocycles. The minimum Gasteiger partial charge on any atom is -0.478 e. The Morgan fingerprint density at radius 3 is 2.89 bits per heavy atom. The van der Waals surface area contributed by atoms with Crippen molar-refractivity contribution in [1.29, 1.82) is 0 Å². The zero-order valence-electron chi connectivity index (χ0n) is 9.93. The van der Waals surface area contributed by atoms with E-state index >= 15 is 0 Å². The predicted molar refractivity (Wildman–Crippen MR) is 69.9 cm³/mol. The Labute approximate surface area is 110 Å². The quantitative estimate of drug-likeness (QED) is 0.922. The second-order valence-corrected chi connectivity index (χ2v) is 4.41. The second kappa shape index (κ2) is 5.23. The van der Waals surface area contributed by atoms with E-state index in [1.807, 2.05) is 6.92 Å². The lowest BCUT2D eigenvalue weighted by atomic mass is 10.1. The molecule has 0 unspecified atom stereocenters. The first kappa shape index (κ1) is 12.6. The van der Waals surface area contributed by atoms with Gasteiger partial charge in [0.1, 0.15) is 11.3 Å². The largest absolute Gasteiger partial charge is 0.478 e. The zero-order chi connectivity index (χ0) is 13.1. The molecule has 4 nitrogen and oxygen atoms in total. The summed E-state index contributed by atoms with van der Waals surface area (Å²) in [5.41, 5.74) is 1.37. The lowest BCUT2D eigenvalue weighted by Gasteiger charge is -1.99. The average molecular weight is 265 g/mol. The molecule has 94 valence electrons. The number of carbonyl (C=O) groups is 1. The summed E-state index contributed by atoms with van der Waals surface area (Å²) in [7, 11) is 0. The molecule has 0 spiro atoms. The summed E-state index contributed by atoms with van der Waals surface area (Å²) in [5, 5.41) is 14.1. The van der Waals surface area contributed by atoms with Gasteiger partial charge < -0.3 is 5.11 Å². The Morgan fingerprint density at radius 2 is 2.28 bits per heavy atom. The zero-order valence-corrected chi connectivity index (χ0v) is 10.7. The summed E-state index contributed by atoms with van der Waals surface area (Å²) < 4.78 is 1.65. The number of nitrogens with zero attached hydrogens (tertiary/aromatic N) is 2. The molecule has 0 fully saturated rings. The SMILES string of the molecule is CCCn1cc(C(=O)O)c(-c2cccc(Cl)c2)n1. The topological polar surface area (TPSA) is 55.1 Å². The summed E-state index contributed by atoms with van der Waals surface area (Å²) >= 11 is 5.91. The van der Waals surface area contributed by atoms with Gasteiger partial charge in [0.25, 0.3) is 0 Å². The van der Waals surface area contributed by atoms with E-state index in [-0.39, 0.29) is 5.56 Å². The third-order valence-corrected chi connectivity index (χ3v) is 2.78. The first-order valence-corrected chi connectivity index (χ1v) is 6.06. The molecule has 5 heteroatoms. The van der Waals surface area contributed by atoms with Crippen molar-refractivity contribution < 1.29 is 9.90 Å². The molecule has 0 saturated heterocycles. The van der Waals surface area contributed by atoms with Crippen molar-refractivity contribution in [3.8, 4) is 11.3 Å². The monoisotopic (exact) mass is 264 g/mol. The average Bonchev–Trinajstić information content (AvgIpc) is 2.74. The number of halogens is 1. The van der Waals surface area contributed by atoms with Gasteiger partial charge in [-0.25, -0.2) is 4.79 Å². The van der Waals surface area contributed by atoms with Crippen LogP contribution in [-0.2, 0) is 6.54 Å². The molecule has 0 atom stereocenters. The molecular formula is C13H13ClN2O2. The molecule has 0 aliphatic rings. The van der Waals surface area contributed by atoms with Crippen LogP contribution in [-0.4, -0.2) is 20.9 Å². The molecule has 0 amide bonds. The molecular weight excluding hydrogens is 252 g/mol. The molecule has 0 aliphatic carbocycles. The maximum Gasteiger partial charge on any atom is 0.339 e. The van der Waals surface area contributed by atoms with Gasteiger partial charge >= 0.3 is 5.97 Å². The Balaban J connectivity index is 2.51. The lowest BCUT2D eigenvalue weighted by Crippen LogP contribution is -1.97. The van der Waals surface area contributed by atoms with Gasteiger partial charge in [-0.15, -0.1) is 0 Å². The molecule has 2 aromatic rings. The maximum atomic E-state index is 11.2. The Morgan fingerprint density at radius 1 is 1.50 bits per heavy atom. The van der Waals surface area contributed by atoms with Crippen molar-refractivity contribution in [1.82, 2.24) is 9.78 Å². The van der Waals surface area contributed by atoms with Crippen molar-refractivity contribution in [2.45, 2.75) is 19.9 Å². The molecule has 1 aromatic heterocycles. The standard InChI is InChI=1S/C13H13ClN2O2/c1-2-6-16-8-11(13(17)18)12(15-16)9-4-3-5-10(14)7-9/h3-5,7-8H,2,6H2,1H3,(H,17,18). The number of aromatic nitrogens is 2. The number of hydrogen-bond donors (Lipinski definition) is 1. The van der Waals surface area contributed by atoms with E-state index in [0.717, 1.165) is 12.0 Å². The van der Waals surface area contributed by atoms with Gasteiger partial charge in [0.15, 0.2) is 0 Å². The van der Waals surface area contributed by atoms with Crippen LogP contribution in [0.4, 0.5) is 0 Å². The Bertz CT molecular complexity index is 578. The van der Waals surface area contributed by atoms with Gasteiger partial charge in [-0.2, -0.15) is 5.10 Å². The van der Waals surface area contributed by atoms with Gasteiger partial charge in [-0.3, -0.25) is 4.68 Å².